The number of carboxylic acids is 1. The molecule has 0 bridgehead atoms. The van der Waals surface area contributed by atoms with Crippen LogP contribution in [-0.4, -0.2) is 16.1 Å². The maximum absolute atomic E-state index is 12.9. The van der Waals surface area contributed by atoms with Crippen LogP contribution in [0.5, 0.6) is 0 Å². The second kappa shape index (κ2) is 4.72. The van der Waals surface area contributed by atoms with Crippen LogP contribution in [0, 0.1) is 5.95 Å². The first kappa shape index (κ1) is 10.7. The maximum atomic E-state index is 12.9. The molecule has 0 aliphatic carbocycles. The molecule has 0 amide bonds. The van der Waals surface area contributed by atoms with E-state index < -0.39 is 11.9 Å². The fourth-order valence-electron chi connectivity index (χ4n) is 0.842. The first-order chi connectivity index (χ1) is 6.59. The number of carbonyl (C=O) groups is 1. The van der Waals surface area contributed by atoms with Crippen LogP contribution in [0.25, 0.3) is 6.08 Å². The second-order valence-corrected chi connectivity index (χ2v) is 2.97. The Labute approximate surface area is 84.8 Å². The van der Waals surface area contributed by atoms with Crippen molar-refractivity contribution in [3.63, 3.8) is 0 Å². The Bertz CT molecular complexity index is 379. The van der Waals surface area contributed by atoms with Gasteiger partial charge in [-0.25, -0.2) is 4.98 Å². The highest BCUT2D eigenvalue weighted by Crippen LogP contribution is 2.13. The van der Waals surface area contributed by atoms with Gasteiger partial charge in [0.1, 0.15) is 0 Å². The van der Waals surface area contributed by atoms with Crippen LogP contribution < -0.4 is 0 Å². The predicted octanol–water partition coefficient (Wildman–Crippen LogP) is 2.36. The van der Waals surface area contributed by atoms with E-state index in [0.29, 0.717) is 5.02 Å². The number of pyridine rings is 1. The number of hydrogen-bond acceptors (Lipinski definition) is 2. The first-order valence-corrected chi connectivity index (χ1v) is 4.17. The summed E-state index contributed by atoms with van der Waals surface area (Å²) in [4.78, 5) is 13.5. The second-order valence-electron chi connectivity index (χ2n) is 2.53. The van der Waals surface area contributed by atoms with Gasteiger partial charge in [0.15, 0.2) is 0 Å². The molecule has 1 heterocycles. The number of hydrogen-bond donors (Lipinski definition) is 1. The van der Waals surface area contributed by atoms with Crippen LogP contribution >= 0.6 is 11.6 Å². The summed E-state index contributed by atoms with van der Waals surface area (Å²) in [6.07, 6.45) is 3.69. The molecular weight excluding hydrogens is 209 g/mol. The van der Waals surface area contributed by atoms with Crippen LogP contribution in [0.2, 0.25) is 5.02 Å². The molecule has 5 heteroatoms. The molecule has 0 aromatic carbocycles. The molecule has 1 N–H and O–H groups in total. The summed E-state index contributed by atoms with van der Waals surface area (Å²) >= 11 is 5.58. The molecule has 0 unspecified atom stereocenters. The van der Waals surface area contributed by atoms with Gasteiger partial charge in [0.05, 0.1) is 11.4 Å². The Morgan fingerprint density at radius 3 is 3.07 bits per heavy atom. The molecule has 0 fully saturated rings. The summed E-state index contributed by atoms with van der Waals surface area (Å²) in [6.45, 7) is 0. The average molecular weight is 216 g/mol. The van der Waals surface area contributed by atoms with Crippen molar-refractivity contribution in [2.45, 2.75) is 6.42 Å². The van der Waals surface area contributed by atoms with Gasteiger partial charge < -0.3 is 5.11 Å². The zero-order valence-electron chi connectivity index (χ0n) is 7.08. The standard InChI is InChI=1S/C9H7ClFNO2/c10-7-4-6(9(11)12-5-7)2-1-3-8(13)14/h1-2,4-5H,3H2,(H,13,14). The lowest BCUT2D eigenvalue weighted by molar-refractivity contribution is -0.135. The van der Waals surface area contributed by atoms with Gasteiger partial charge in [-0.1, -0.05) is 23.8 Å². The highest BCUT2D eigenvalue weighted by atomic mass is 35.5. The van der Waals surface area contributed by atoms with E-state index in [4.69, 9.17) is 16.7 Å². The van der Waals surface area contributed by atoms with Gasteiger partial charge in [0, 0.05) is 11.8 Å². The van der Waals surface area contributed by atoms with Crippen molar-refractivity contribution in [2.24, 2.45) is 0 Å². The predicted molar refractivity (Wildman–Crippen MR) is 50.5 cm³/mol. The van der Waals surface area contributed by atoms with Gasteiger partial charge in [0.2, 0.25) is 5.95 Å². The van der Waals surface area contributed by atoms with Crippen molar-refractivity contribution in [2.75, 3.05) is 0 Å². The van der Waals surface area contributed by atoms with Gasteiger partial charge in [-0.05, 0) is 6.07 Å². The quantitative estimate of drug-likeness (QED) is 0.788. The average Bonchev–Trinajstić information content (AvgIpc) is 2.10. The minimum Gasteiger partial charge on any atom is -0.481 e. The molecule has 1 aromatic heterocycles. The number of nitrogens with zero attached hydrogens (tertiary/aromatic N) is 1. The van der Waals surface area contributed by atoms with Crippen molar-refractivity contribution in [1.29, 1.82) is 0 Å². The number of halogens is 2. The molecule has 0 radical (unpaired) electrons. The minimum atomic E-state index is -0.975. The van der Waals surface area contributed by atoms with Crippen LogP contribution in [0.4, 0.5) is 4.39 Å². The monoisotopic (exact) mass is 215 g/mol. The number of aliphatic carboxylic acids is 1. The molecule has 1 aromatic rings. The van der Waals surface area contributed by atoms with Gasteiger partial charge >= 0.3 is 5.97 Å². The molecule has 0 atom stereocenters. The van der Waals surface area contributed by atoms with Crippen molar-refractivity contribution in [3.8, 4) is 0 Å². The molecule has 0 aliphatic heterocycles. The largest absolute Gasteiger partial charge is 0.481 e. The van der Waals surface area contributed by atoms with Gasteiger partial charge in [-0.3, -0.25) is 4.79 Å². The third-order valence-corrected chi connectivity index (χ3v) is 1.63. The van der Waals surface area contributed by atoms with Gasteiger partial charge in [-0.15, -0.1) is 0 Å². The Morgan fingerprint density at radius 1 is 1.71 bits per heavy atom. The molecular formula is C9H7ClFNO2. The van der Waals surface area contributed by atoms with E-state index in [1.807, 2.05) is 0 Å². The summed E-state index contributed by atoms with van der Waals surface area (Å²) in [6, 6.07) is 1.38. The fraction of sp³-hybridized carbons (Fsp3) is 0.111. The molecule has 0 aliphatic rings. The van der Waals surface area contributed by atoms with E-state index in [9.17, 15) is 9.18 Å². The molecule has 1 rings (SSSR count). The van der Waals surface area contributed by atoms with E-state index in [1.54, 1.807) is 0 Å². The molecule has 0 spiro atoms. The van der Waals surface area contributed by atoms with E-state index in [-0.39, 0.29) is 12.0 Å². The SMILES string of the molecule is O=C(O)CC=Cc1cc(Cl)cnc1F. The number of aromatic nitrogens is 1. The lowest BCUT2D eigenvalue weighted by Gasteiger charge is -1.95. The molecule has 74 valence electrons. The van der Waals surface area contributed by atoms with Crippen molar-refractivity contribution < 1.29 is 14.3 Å². The minimum absolute atomic E-state index is 0.161. The van der Waals surface area contributed by atoms with Gasteiger partial charge in [0.25, 0.3) is 0 Å². The third kappa shape index (κ3) is 3.14. The van der Waals surface area contributed by atoms with E-state index in [2.05, 4.69) is 4.98 Å². The zero-order chi connectivity index (χ0) is 10.6. The van der Waals surface area contributed by atoms with E-state index >= 15 is 0 Å². The highest BCUT2D eigenvalue weighted by Gasteiger charge is 2.00. The Morgan fingerprint density at radius 2 is 2.43 bits per heavy atom. The van der Waals surface area contributed by atoms with Crippen LogP contribution in [0.1, 0.15) is 12.0 Å². The maximum Gasteiger partial charge on any atom is 0.307 e. The fourth-order valence-corrected chi connectivity index (χ4v) is 1.01. The summed E-state index contributed by atoms with van der Waals surface area (Å²) in [5.74, 6) is -1.65. The molecule has 3 nitrogen and oxygen atoms in total. The number of rotatable bonds is 3. The topological polar surface area (TPSA) is 50.2 Å². The number of carboxylic acid groups (broad SMARTS) is 1. The van der Waals surface area contributed by atoms with Crippen molar-refractivity contribution >= 4 is 23.6 Å². The lowest BCUT2D eigenvalue weighted by atomic mass is 10.2. The zero-order valence-corrected chi connectivity index (χ0v) is 7.83. The molecule has 0 saturated carbocycles. The Kier molecular flexibility index (Phi) is 3.59. The van der Waals surface area contributed by atoms with Crippen LogP contribution in [0.3, 0.4) is 0 Å². The van der Waals surface area contributed by atoms with Crippen LogP contribution in [0.15, 0.2) is 18.3 Å². The van der Waals surface area contributed by atoms with Crippen molar-refractivity contribution in [1.82, 2.24) is 4.98 Å². The summed E-state index contributed by atoms with van der Waals surface area (Å²) in [7, 11) is 0. The molecule has 14 heavy (non-hydrogen) atoms. The van der Waals surface area contributed by atoms with Crippen molar-refractivity contribution in [3.05, 3.63) is 34.9 Å². The van der Waals surface area contributed by atoms with Gasteiger partial charge in [-0.2, -0.15) is 4.39 Å². The van der Waals surface area contributed by atoms with E-state index in [1.165, 1.54) is 24.4 Å². The summed E-state index contributed by atoms with van der Waals surface area (Å²) in [5, 5.41) is 8.64. The normalized spacial score (nSPS) is 10.7. The first-order valence-electron chi connectivity index (χ1n) is 3.79. The Hall–Kier alpha value is -1.42. The smallest absolute Gasteiger partial charge is 0.307 e. The highest BCUT2D eigenvalue weighted by molar-refractivity contribution is 6.30. The molecule has 0 saturated heterocycles. The summed E-state index contributed by atoms with van der Waals surface area (Å²) in [5.41, 5.74) is 0.179. The van der Waals surface area contributed by atoms with Crippen LogP contribution in [-0.2, 0) is 4.79 Å². The summed E-state index contributed by atoms with van der Waals surface area (Å²) < 4.78 is 12.9. The third-order valence-electron chi connectivity index (χ3n) is 1.42. The lowest BCUT2D eigenvalue weighted by Crippen LogP contribution is -1.91. The Balaban J connectivity index is 2.80. The van der Waals surface area contributed by atoms with E-state index in [0.717, 1.165) is 0 Å².